The van der Waals surface area contributed by atoms with Crippen LogP contribution in [-0.4, -0.2) is 27.1 Å². The molecule has 24 heavy (non-hydrogen) atoms. The highest BCUT2D eigenvalue weighted by molar-refractivity contribution is 7.99. The number of halogens is 2. The highest BCUT2D eigenvalue weighted by atomic mass is 35.5. The van der Waals surface area contributed by atoms with Gasteiger partial charge < -0.3 is 9.30 Å². The lowest BCUT2D eigenvalue weighted by atomic mass is 10.2. The second-order valence-electron chi connectivity index (χ2n) is 5.00. The van der Waals surface area contributed by atoms with Crippen molar-refractivity contribution in [1.82, 2.24) is 14.8 Å². The summed E-state index contributed by atoms with van der Waals surface area (Å²) in [6.45, 7) is 0.507. The van der Waals surface area contributed by atoms with E-state index >= 15 is 0 Å². The highest BCUT2D eigenvalue weighted by Crippen LogP contribution is 2.24. The predicted octanol–water partition coefficient (Wildman–Crippen LogP) is 4.45. The average Bonchev–Trinajstić information content (AvgIpc) is 2.93. The molecule has 4 nitrogen and oxygen atoms in total. The summed E-state index contributed by atoms with van der Waals surface area (Å²) in [5, 5.41) is 9.57. The molecule has 1 heterocycles. The van der Waals surface area contributed by atoms with E-state index in [1.54, 1.807) is 34.9 Å². The number of nitrogens with zero attached hydrogens (tertiary/aromatic N) is 3. The summed E-state index contributed by atoms with van der Waals surface area (Å²) < 4.78 is 21.3. The van der Waals surface area contributed by atoms with Gasteiger partial charge in [0.1, 0.15) is 11.6 Å². The summed E-state index contributed by atoms with van der Waals surface area (Å²) >= 11 is 7.41. The molecular weight excluding hydrogens is 349 g/mol. The SMILES string of the molecule is Cn1c(SCCOc2cccc(Cl)c2)nnc1-c1ccccc1F. The molecule has 1 aromatic heterocycles. The lowest BCUT2D eigenvalue weighted by molar-refractivity contribution is 0.344. The van der Waals surface area contributed by atoms with E-state index in [1.807, 2.05) is 19.2 Å². The van der Waals surface area contributed by atoms with Gasteiger partial charge in [-0.25, -0.2) is 4.39 Å². The number of rotatable bonds is 6. The first-order valence-corrected chi connectivity index (χ1v) is 8.67. The van der Waals surface area contributed by atoms with Gasteiger partial charge in [-0.2, -0.15) is 0 Å². The largest absolute Gasteiger partial charge is 0.493 e. The van der Waals surface area contributed by atoms with E-state index in [0.29, 0.717) is 33.9 Å². The Morgan fingerprint density at radius 1 is 1.17 bits per heavy atom. The van der Waals surface area contributed by atoms with Crippen molar-refractivity contribution in [2.24, 2.45) is 7.05 Å². The number of hydrogen-bond donors (Lipinski definition) is 0. The van der Waals surface area contributed by atoms with E-state index in [9.17, 15) is 4.39 Å². The van der Waals surface area contributed by atoms with Gasteiger partial charge in [-0.15, -0.1) is 10.2 Å². The van der Waals surface area contributed by atoms with Gasteiger partial charge in [0.25, 0.3) is 0 Å². The van der Waals surface area contributed by atoms with Crippen molar-refractivity contribution < 1.29 is 9.13 Å². The van der Waals surface area contributed by atoms with Gasteiger partial charge >= 0.3 is 0 Å². The molecule has 0 spiro atoms. The normalized spacial score (nSPS) is 10.8. The first-order valence-electron chi connectivity index (χ1n) is 7.30. The van der Waals surface area contributed by atoms with Crippen molar-refractivity contribution in [3.63, 3.8) is 0 Å². The van der Waals surface area contributed by atoms with Crippen molar-refractivity contribution in [3.05, 3.63) is 59.4 Å². The molecule has 2 aromatic carbocycles. The third-order valence-corrected chi connectivity index (χ3v) is 4.55. The fourth-order valence-corrected chi connectivity index (χ4v) is 3.08. The van der Waals surface area contributed by atoms with Gasteiger partial charge in [0.2, 0.25) is 0 Å². The Morgan fingerprint density at radius 2 is 2.00 bits per heavy atom. The molecule has 0 saturated heterocycles. The summed E-state index contributed by atoms with van der Waals surface area (Å²) in [7, 11) is 1.82. The Balaban J connectivity index is 1.60. The third kappa shape index (κ3) is 3.88. The van der Waals surface area contributed by atoms with Gasteiger partial charge in [-0.3, -0.25) is 0 Å². The topological polar surface area (TPSA) is 39.9 Å². The van der Waals surface area contributed by atoms with Gasteiger partial charge in [0.05, 0.1) is 12.2 Å². The van der Waals surface area contributed by atoms with Crippen molar-refractivity contribution in [2.45, 2.75) is 5.16 Å². The Morgan fingerprint density at radius 3 is 2.79 bits per heavy atom. The van der Waals surface area contributed by atoms with E-state index in [4.69, 9.17) is 16.3 Å². The zero-order valence-electron chi connectivity index (χ0n) is 12.9. The smallest absolute Gasteiger partial charge is 0.191 e. The molecule has 0 aliphatic heterocycles. The van der Waals surface area contributed by atoms with Gasteiger partial charge in [-0.05, 0) is 30.3 Å². The van der Waals surface area contributed by atoms with E-state index in [1.165, 1.54) is 17.8 Å². The maximum atomic E-state index is 13.9. The molecule has 0 aliphatic rings. The predicted molar refractivity (Wildman–Crippen MR) is 94.1 cm³/mol. The van der Waals surface area contributed by atoms with Crippen LogP contribution in [0.2, 0.25) is 5.02 Å². The fraction of sp³-hybridized carbons (Fsp3) is 0.176. The lowest BCUT2D eigenvalue weighted by Gasteiger charge is -2.07. The number of benzene rings is 2. The first kappa shape index (κ1) is 16.8. The Bertz CT molecular complexity index is 840. The van der Waals surface area contributed by atoms with Crippen LogP contribution in [-0.2, 0) is 7.05 Å². The number of thioether (sulfide) groups is 1. The van der Waals surface area contributed by atoms with Crippen molar-refractivity contribution in [1.29, 1.82) is 0 Å². The molecule has 0 bridgehead atoms. The van der Waals surface area contributed by atoms with Gasteiger partial charge in [-0.1, -0.05) is 41.6 Å². The molecule has 3 rings (SSSR count). The minimum absolute atomic E-state index is 0.311. The zero-order valence-corrected chi connectivity index (χ0v) is 14.5. The number of aromatic nitrogens is 3. The van der Waals surface area contributed by atoms with E-state index in [2.05, 4.69) is 10.2 Å². The first-order chi connectivity index (χ1) is 11.6. The Labute approximate surface area is 148 Å². The molecule has 0 aliphatic carbocycles. The molecule has 3 aromatic rings. The molecule has 0 saturated carbocycles. The molecule has 7 heteroatoms. The van der Waals surface area contributed by atoms with Crippen molar-refractivity contribution >= 4 is 23.4 Å². The van der Waals surface area contributed by atoms with Gasteiger partial charge in [0.15, 0.2) is 11.0 Å². The molecule has 124 valence electrons. The van der Waals surface area contributed by atoms with E-state index in [-0.39, 0.29) is 5.82 Å². The van der Waals surface area contributed by atoms with Crippen LogP contribution in [0.3, 0.4) is 0 Å². The summed E-state index contributed by atoms with van der Waals surface area (Å²) in [6, 6.07) is 13.8. The summed E-state index contributed by atoms with van der Waals surface area (Å²) in [4.78, 5) is 0. The van der Waals surface area contributed by atoms with Crippen molar-refractivity contribution in [2.75, 3.05) is 12.4 Å². The molecule has 0 unspecified atom stereocenters. The highest BCUT2D eigenvalue weighted by Gasteiger charge is 2.14. The maximum Gasteiger partial charge on any atom is 0.191 e. The van der Waals surface area contributed by atoms with E-state index < -0.39 is 0 Å². The van der Waals surface area contributed by atoms with Crippen LogP contribution in [0.25, 0.3) is 11.4 Å². The van der Waals surface area contributed by atoms with Crippen LogP contribution < -0.4 is 4.74 Å². The summed E-state index contributed by atoms with van der Waals surface area (Å²) in [5.74, 6) is 1.61. The lowest BCUT2D eigenvalue weighted by Crippen LogP contribution is -2.02. The second-order valence-corrected chi connectivity index (χ2v) is 6.50. The minimum atomic E-state index is -0.311. The second kappa shape index (κ2) is 7.68. The number of ether oxygens (including phenoxy) is 1. The standard InChI is InChI=1S/C17H15ClFN3OS/c1-22-16(14-7-2-3-8-15(14)19)20-21-17(22)24-10-9-23-13-6-4-5-12(18)11-13/h2-8,11H,9-10H2,1H3. The summed E-state index contributed by atoms with van der Waals surface area (Å²) in [5.41, 5.74) is 0.439. The minimum Gasteiger partial charge on any atom is -0.493 e. The van der Waals surface area contributed by atoms with Crippen LogP contribution in [0.4, 0.5) is 4.39 Å². The van der Waals surface area contributed by atoms with Crippen LogP contribution in [0.15, 0.2) is 53.7 Å². The molecule has 0 fully saturated rings. The summed E-state index contributed by atoms with van der Waals surface area (Å²) in [6.07, 6.45) is 0. The monoisotopic (exact) mass is 363 g/mol. The molecule has 0 radical (unpaired) electrons. The average molecular weight is 364 g/mol. The fourth-order valence-electron chi connectivity index (χ4n) is 2.17. The molecule has 0 N–H and O–H groups in total. The Kier molecular flexibility index (Phi) is 5.37. The molecule has 0 amide bonds. The van der Waals surface area contributed by atoms with Gasteiger partial charge in [0, 0.05) is 17.8 Å². The molecular formula is C17H15ClFN3OS. The van der Waals surface area contributed by atoms with Crippen LogP contribution in [0.1, 0.15) is 0 Å². The van der Waals surface area contributed by atoms with Crippen molar-refractivity contribution in [3.8, 4) is 17.1 Å². The molecule has 0 atom stereocenters. The van der Waals surface area contributed by atoms with Crippen LogP contribution >= 0.6 is 23.4 Å². The maximum absolute atomic E-state index is 13.9. The number of hydrogen-bond acceptors (Lipinski definition) is 4. The Hall–Kier alpha value is -2.05. The zero-order chi connectivity index (χ0) is 16.9. The van der Waals surface area contributed by atoms with Crippen LogP contribution in [0.5, 0.6) is 5.75 Å². The van der Waals surface area contributed by atoms with Crippen LogP contribution in [0, 0.1) is 5.82 Å². The third-order valence-electron chi connectivity index (χ3n) is 3.33. The van der Waals surface area contributed by atoms with E-state index in [0.717, 1.165) is 5.75 Å². The quantitative estimate of drug-likeness (QED) is 0.479.